The molecule has 0 saturated carbocycles. The summed E-state index contributed by atoms with van der Waals surface area (Å²) in [5.41, 5.74) is 0. The van der Waals surface area contributed by atoms with Gasteiger partial charge in [0.05, 0.1) is 7.11 Å². The third-order valence-corrected chi connectivity index (χ3v) is 4.87. The Morgan fingerprint density at radius 2 is 1.33 bits per heavy atom. The van der Waals surface area contributed by atoms with E-state index in [-0.39, 0.29) is 5.97 Å². The molecule has 0 atom stereocenters. The molecule has 0 N–H and O–H groups in total. The molecule has 0 aliphatic carbocycles. The second-order valence-corrected chi connectivity index (χ2v) is 11.9. The van der Waals surface area contributed by atoms with Crippen molar-refractivity contribution in [2.45, 2.75) is 57.8 Å². The molecule has 0 aromatic rings. The second-order valence-electron chi connectivity index (χ2n) is 4.36. The van der Waals surface area contributed by atoms with Gasteiger partial charge in [-0.15, -0.1) is 0 Å². The summed E-state index contributed by atoms with van der Waals surface area (Å²) in [5.74, 6) is 0.612. The minimum absolute atomic E-state index is 0.107. The van der Waals surface area contributed by atoms with Gasteiger partial charge in [0, 0.05) is 12.2 Å². The SMILES string of the molecule is COC(=O)CCCCCCCCCCS(Cl)(Cl)Cl. The van der Waals surface area contributed by atoms with Crippen molar-refractivity contribution in [3.05, 3.63) is 0 Å². The van der Waals surface area contributed by atoms with E-state index in [0.29, 0.717) is 6.42 Å². The van der Waals surface area contributed by atoms with Crippen LogP contribution in [0.4, 0.5) is 0 Å². The summed E-state index contributed by atoms with van der Waals surface area (Å²) < 4.78 is 4.58. The molecule has 0 rings (SSSR count). The molecule has 0 saturated heterocycles. The molecule has 0 bridgehead atoms. The molecule has 0 radical (unpaired) electrons. The van der Waals surface area contributed by atoms with Crippen molar-refractivity contribution in [2.24, 2.45) is 0 Å². The summed E-state index contributed by atoms with van der Waals surface area (Å²) in [6.07, 6.45) is 9.58. The van der Waals surface area contributed by atoms with E-state index < -0.39 is 7.67 Å². The van der Waals surface area contributed by atoms with Gasteiger partial charge in [0.2, 0.25) is 0 Å². The third kappa shape index (κ3) is 14.7. The van der Waals surface area contributed by atoms with Gasteiger partial charge in [-0.2, -0.15) is 0 Å². The van der Waals surface area contributed by atoms with E-state index in [1.807, 2.05) is 0 Å². The van der Waals surface area contributed by atoms with Crippen molar-refractivity contribution in [3.8, 4) is 0 Å². The molecule has 0 aromatic heterocycles. The van der Waals surface area contributed by atoms with Crippen LogP contribution in [0.2, 0.25) is 0 Å². The summed E-state index contributed by atoms with van der Waals surface area (Å²) in [7, 11) is 16.8. The predicted octanol–water partition coefficient (Wildman–Crippen LogP) is 5.94. The molecule has 0 fully saturated rings. The van der Waals surface area contributed by atoms with Crippen LogP contribution in [0.25, 0.3) is 0 Å². The van der Waals surface area contributed by atoms with E-state index in [0.717, 1.165) is 31.4 Å². The first kappa shape index (κ1) is 18.7. The molecular weight excluding hydrogens is 315 g/mol. The molecule has 0 aliphatic rings. The average molecular weight is 338 g/mol. The number of methoxy groups -OCH3 is 1. The van der Waals surface area contributed by atoms with E-state index in [9.17, 15) is 4.79 Å². The molecule has 0 spiro atoms. The van der Waals surface area contributed by atoms with Crippen LogP contribution in [0.15, 0.2) is 0 Å². The lowest BCUT2D eigenvalue weighted by atomic mass is 10.1. The van der Waals surface area contributed by atoms with Crippen molar-refractivity contribution in [2.75, 3.05) is 12.9 Å². The molecular formula is C12H23Cl3O2S. The van der Waals surface area contributed by atoms with Gasteiger partial charge < -0.3 is 4.74 Å². The Morgan fingerprint density at radius 3 is 1.78 bits per heavy atom. The number of rotatable bonds is 11. The highest BCUT2D eigenvalue weighted by atomic mass is 36.2. The van der Waals surface area contributed by atoms with Crippen LogP contribution in [0.3, 0.4) is 0 Å². The lowest BCUT2D eigenvalue weighted by Crippen LogP contribution is -1.99. The quantitative estimate of drug-likeness (QED) is 0.344. The Bertz CT molecular complexity index is 220. The fourth-order valence-corrected chi connectivity index (χ4v) is 3.21. The lowest BCUT2D eigenvalue weighted by molar-refractivity contribution is -0.140. The normalized spacial score (nSPS) is 12.4. The van der Waals surface area contributed by atoms with E-state index in [2.05, 4.69) is 4.74 Å². The Kier molecular flexibility index (Phi) is 12.0. The van der Waals surface area contributed by atoms with E-state index in [1.54, 1.807) is 0 Å². The van der Waals surface area contributed by atoms with Gasteiger partial charge in [-0.1, -0.05) is 38.5 Å². The largest absolute Gasteiger partial charge is 0.469 e. The fraction of sp³-hybridized carbons (Fsp3) is 0.917. The van der Waals surface area contributed by atoms with Crippen LogP contribution in [0.5, 0.6) is 0 Å². The maximum absolute atomic E-state index is 10.8. The van der Waals surface area contributed by atoms with Crippen molar-refractivity contribution in [1.82, 2.24) is 0 Å². The Balaban J connectivity index is 3.10. The van der Waals surface area contributed by atoms with Crippen LogP contribution < -0.4 is 0 Å². The number of carbonyl (C=O) groups excluding carboxylic acids is 1. The lowest BCUT2D eigenvalue weighted by Gasteiger charge is -2.14. The molecule has 0 aromatic carbocycles. The molecule has 2 nitrogen and oxygen atoms in total. The minimum atomic E-state index is -1.87. The van der Waals surface area contributed by atoms with Crippen LogP contribution >= 0.6 is 39.7 Å². The zero-order chi connectivity index (χ0) is 13.9. The summed E-state index contributed by atoms with van der Waals surface area (Å²) in [5, 5.41) is 0. The van der Waals surface area contributed by atoms with Crippen molar-refractivity contribution >= 4 is 45.7 Å². The number of ether oxygens (including phenoxy) is 1. The maximum Gasteiger partial charge on any atom is 0.305 e. The van der Waals surface area contributed by atoms with Crippen molar-refractivity contribution < 1.29 is 9.53 Å². The smallest absolute Gasteiger partial charge is 0.305 e. The Labute approximate surface area is 126 Å². The highest BCUT2D eigenvalue weighted by Gasteiger charge is 2.11. The monoisotopic (exact) mass is 336 g/mol. The van der Waals surface area contributed by atoms with Crippen molar-refractivity contribution in [3.63, 3.8) is 0 Å². The van der Waals surface area contributed by atoms with Gasteiger partial charge in [0.15, 0.2) is 0 Å². The first-order valence-electron chi connectivity index (χ1n) is 6.42. The van der Waals surface area contributed by atoms with Crippen LogP contribution in [0.1, 0.15) is 57.8 Å². The van der Waals surface area contributed by atoms with E-state index in [1.165, 1.54) is 32.8 Å². The zero-order valence-corrected chi connectivity index (χ0v) is 14.0. The summed E-state index contributed by atoms with van der Waals surface area (Å²) in [4.78, 5) is 10.8. The first-order chi connectivity index (χ1) is 8.45. The van der Waals surface area contributed by atoms with Gasteiger partial charge in [-0.3, -0.25) is 4.79 Å². The van der Waals surface area contributed by atoms with Gasteiger partial charge in [-0.25, -0.2) is 0 Å². The molecule has 0 unspecified atom stereocenters. The van der Waals surface area contributed by atoms with Crippen LogP contribution in [0, 0.1) is 0 Å². The van der Waals surface area contributed by atoms with E-state index >= 15 is 0 Å². The second kappa shape index (κ2) is 11.5. The average Bonchev–Trinajstić information content (AvgIpc) is 2.29. The third-order valence-electron chi connectivity index (χ3n) is 2.73. The molecule has 6 heteroatoms. The standard InChI is InChI=1S/C12H23Cl3O2S/c1-17-12(16)10-8-6-4-2-3-5-7-9-11-18(13,14)15/h2-11H2,1H3. The molecule has 18 heavy (non-hydrogen) atoms. The molecule has 110 valence electrons. The van der Waals surface area contributed by atoms with Gasteiger partial charge in [-0.05, 0) is 52.6 Å². The molecule has 0 amide bonds. The summed E-state index contributed by atoms with van der Waals surface area (Å²) in [6, 6.07) is 0. The molecule has 0 aliphatic heterocycles. The minimum Gasteiger partial charge on any atom is -0.469 e. The Hall–Kier alpha value is 0.690. The number of unbranched alkanes of at least 4 members (excludes halogenated alkanes) is 7. The van der Waals surface area contributed by atoms with E-state index in [4.69, 9.17) is 32.0 Å². The summed E-state index contributed by atoms with van der Waals surface area (Å²) >= 11 is 0. The van der Waals surface area contributed by atoms with Gasteiger partial charge >= 0.3 is 5.97 Å². The van der Waals surface area contributed by atoms with Gasteiger partial charge in [0.1, 0.15) is 0 Å². The number of carbonyl (C=O) groups is 1. The predicted molar refractivity (Wildman–Crippen MR) is 83.6 cm³/mol. The Morgan fingerprint density at radius 1 is 0.889 bits per heavy atom. The van der Waals surface area contributed by atoms with Crippen molar-refractivity contribution in [1.29, 1.82) is 0 Å². The number of hydrogen-bond donors (Lipinski definition) is 0. The highest BCUT2D eigenvalue weighted by Crippen LogP contribution is 2.63. The highest BCUT2D eigenvalue weighted by molar-refractivity contribution is 8.79. The zero-order valence-electron chi connectivity index (χ0n) is 10.9. The van der Waals surface area contributed by atoms with Gasteiger partial charge in [0.25, 0.3) is 0 Å². The molecule has 0 heterocycles. The first-order valence-corrected chi connectivity index (χ1v) is 10.7. The number of halogens is 3. The summed E-state index contributed by atoms with van der Waals surface area (Å²) in [6.45, 7) is 0. The van der Waals surface area contributed by atoms with Crippen LogP contribution in [-0.2, 0) is 9.53 Å². The topological polar surface area (TPSA) is 26.3 Å². The fourth-order valence-electron chi connectivity index (χ4n) is 1.70. The number of esters is 1. The maximum atomic E-state index is 10.8. The van der Waals surface area contributed by atoms with Crippen LogP contribution in [-0.4, -0.2) is 18.8 Å². The number of hydrogen-bond acceptors (Lipinski definition) is 2.